The summed E-state index contributed by atoms with van der Waals surface area (Å²) in [5.74, 6) is 0.348. The lowest BCUT2D eigenvalue weighted by Gasteiger charge is -2.06. The van der Waals surface area contributed by atoms with Crippen LogP contribution in [-0.2, 0) is 13.6 Å². The molecule has 1 aromatic carbocycles. The molecule has 1 aliphatic rings. The first kappa shape index (κ1) is 12.1. The van der Waals surface area contributed by atoms with E-state index in [1.807, 2.05) is 13.1 Å². The molecule has 0 saturated heterocycles. The number of hydrogen-bond acceptors (Lipinski definition) is 2. The first-order valence-corrected chi connectivity index (χ1v) is 6.34. The fraction of sp³-hybridized carbons (Fsp3) is 0.357. The fourth-order valence-corrected chi connectivity index (χ4v) is 2.14. The van der Waals surface area contributed by atoms with E-state index in [9.17, 15) is 8.78 Å². The Morgan fingerprint density at radius 1 is 1.21 bits per heavy atom. The van der Waals surface area contributed by atoms with Crippen LogP contribution in [0.15, 0.2) is 24.3 Å². The van der Waals surface area contributed by atoms with Gasteiger partial charge in [0.2, 0.25) is 0 Å². The van der Waals surface area contributed by atoms with Crippen molar-refractivity contribution in [2.45, 2.75) is 25.3 Å². The second kappa shape index (κ2) is 4.64. The number of rotatable bonds is 4. The number of aromatic nitrogens is 2. The number of nitrogens with one attached hydrogen (secondary N) is 1. The van der Waals surface area contributed by atoms with Gasteiger partial charge in [0, 0.05) is 31.6 Å². The highest BCUT2D eigenvalue weighted by molar-refractivity contribution is 5.40. The third-order valence-corrected chi connectivity index (χ3v) is 3.29. The molecule has 1 aliphatic carbocycles. The van der Waals surface area contributed by atoms with Crippen LogP contribution in [0.5, 0.6) is 0 Å². The minimum absolute atomic E-state index is 0.373. The first-order chi connectivity index (χ1) is 9.11. The summed E-state index contributed by atoms with van der Waals surface area (Å²) in [6.45, 7) is 0.373. The van der Waals surface area contributed by atoms with Gasteiger partial charge in [0.15, 0.2) is 0 Å². The van der Waals surface area contributed by atoms with Gasteiger partial charge in [-0.1, -0.05) is 0 Å². The van der Waals surface area contributed by atoms with Crippen molar-refractivity contribution < 1.29 is 8.78 Å². The van der Waals surface area contributed by atoms with Crippen LogP contribution in [0.4, 0.5) is 14.6 Å². The molecule has 1 N–H and O–H groups in total. The van der Waals surface area contributed by atoms with E-state index in [1.54, 1.807) is 4.68 Å². The monoisotopic (exact) mass is 263 g/mol. The zero-order valence-electron chi connectivity index (χ0n) is 10.7. The lowest BCUT2D eigenvalue weighted by atomic mass is 10.2. The van der Waals surface area contributed by atoms with Crippen LogP contribution in [0, 0.1) is 11.6 Å². The fourth-order valence-electron chi connectivity index (χ4n) is 2.14. The van der Waals surface area contributed by atoms with Crippen LogP contribution in [0.1, 0.15) is 30.0 Å². The molecule has 0 radical (unpaired) electrons. The molecule has 0 aliphatic heterocycles. The van der Waals surface area contributed by atoms with E-state index in [-0.39, 0.29) is 0 Å². The standard InChI is InChI=1S/C14H15F2N3/c1-19-14(7-13(18-19)10-2-3-10)17-8-9-4-11(15)6-12(16)5-9/h4-7,10,17H,2-3,8H2,1H3. The molecule has 1 saturated carbocycles. The van der Waals surface area contributed by atoms with Crippen LogP contribution in [-0.4, -0.2) is 9.78 Å². The van der Waals surface area contributed by atoms with Crippen molar-refractivity contribution in [1.29, 1.82) is 0 Å². The summed E-state index contributed by atoms with van der Waals surface area (Å²) >= 11 is 0. The average Bonchev–Trinajstić information content (AvgIpc) is 3.11. The molecule has 3 nitrogen and oxygen atoms in total. The Bertz CT molecular complexity index is 582. The highest BCUT2D eigenvalue weighted by atomic mass is 19.1. The molecular weight excluding hydrogens is 248 g/mol. The van der Waals surface area contributed by atoms with Crippen LogP contribution < -0.4 is 5.32 Å². The van der Waals surface area contributed by atoms with E-state index in [1.165, 1.54) is 25.0 Å². The quantitative estimate of drug-likeness (QED) is 0.918. The number of anilines is 1. The topological polar surface area (TPSA) is 29.9 Å². The van der Waals surface area contributed by atoms with Gasteiger partial charge >= 0.3 is 0 Å². The third-order valence-electron chi connectivity index (χ3n) is 3.29. The maximum Gasteiger partial charge on any atom is 0.126 e. The molecule has 1 fully saturated rings. The van der Waals surface area contributed by atoms with E-state index in [4.69, 9.17) is 0 Å². The summed E-state index contributed by atoms with van der Waals surface area (Å²) < 4.78 is 27.9. The predicted octanol–water partition coefficient (Wildman–Crippen LogP) is 3.19. The van der Waals surface area contributed by atoms with Gasteiger partial charge in [-0.05, 0) is 30.5 Å². The molecule has 3 rings (SSSR count). The first-order valence-electron chi connectivity index (χ1n) is 6.34. The molecule has 1 aromatic heterocycles. The van der Waals surface area contributed by atoms with E-state index in [0.29, 0.717) is 18.0 Å². The van der Waals surface area contributed by atoms with Crippen molar-refractivity contribution in [2.24, 2.45) is 7.05 Å². The Balaban J connectivity index is 1.71. The van der Waals surface area contributed by atoms with Crippen molar-refractivity contribution in [3.63, 3.8) is 0 Å². The van der Waals surface area contributed by atoms with Crippen molar-refractivity contribution >= 4 is 5.82 Å². The Morgan fingerprint density at radius 3 is 2.53 bits per heavy atom. The molecule has 1 heterocycles. The highest BCUT2D eigenvalue weighted by Gasteiger charge is 2.26. The largest absolute Gasteiger partial charge is 0.366 e. The van der Waals surface area contributed by atoms with Crippen molar-refractivity contribution in [2.75, 3.05) is 5.32 Å². The average molecular weight is 263 g/mol. The predicted molar refractivity (Wildman–Crippen MR) is 68.9 cm³/mol. The van der Waals surface area contributed by atoms with E-state index < -0.39 is 11.6 Å². The summed E-state index contributed by atoms with van der Waals surface area (Å²) in [5.41, 5.74) is 1.67. The maximum absolute atomic E-state index is 13.1. The van der Waals surface area contributed by atoms with Crippen molar-refractivity contribution in [1.82, 2.24) is 9.78 Å². The number of benzene rings is 1. The molecule has 5 heteroatoms. The molecule has 2 aromatic rings. The third kappa shape index (κ3) is 2.75. The Kier molecular flexibility index (Phi) is 2.97. The van der Waals surface area contributed by atoms with E-state index >= 15 is 0 Å². The summed E-state index contributed by atoms with van der Waals surface area (Å²) in [5, 5.41) is 7.58. The zero-order valence-corrected chi connectivity index (χ0v) is 10.7. The molecule has 19 heavy (non-hydrogen) atoms. The minimum atomic E-state index is -0.555. The number of aryl methyl sites for hydroxylation is 1. The van der Waals surface area contributed by atoms with Gasteiger partial charge in [0.05, 0.1) is 5.69 Å². The summed E-state index contributed by atoms with van der Waals surface area (Å²) in [6, 6.07) is 5.54. The number of halogens is 2. The Hall–Kier alpha value is -1.91. The molecule has 0 bridgehead atoms. The van der Waals surface area contributed by atoms with Crippen LogP contribution in [0.25, 0.3) is 0 Å². The number of nitrogens with zero attached hydrogens (tertiary/aromatic N) is 2. The van der Waals surface area contributed by atoms with Gasteiger partial charge in [-0.15, -0.1) is 0 Å². The molecule has 0 atom stereocenters. The van der Waals surface area contributed by atoms with Crippen LogP contribution in [0.3, 0.4) is 0 Å². The Morgan fingerprint density at radius 2 is 1.89 bits per heavy atom. The van der Waals surface area contributed by atoms with Crippen molar-refractivity contribution in [3.05, 3.63) is 47.2 Å². The summed E-state index contributed by atoms with van der Waals surface area (Å²) in [7, 11) is 1.86. The SMILES string of the molecule is Cn1nc(C2CC2)cc1NCc1cc(F)cc(F)c1. The van der Waals surface area contributed by atoms with Gasteiger partial charge < -0.3 is 5.32 Å². The van der Waals surface area contributed by atoms with E-state index in [0.717, 1.165) is 17.6 Å². The summed E-state index contributed by atoms with van der Waals surface area (Å²) in [6.07, 6.45) is 2.40. The van der Waals surface area contributed by atoms with Crippen molar-refractivity contribution in [3.8, 4) is 0 Å². The molecule has 0 unspecified atom stereocenters. The second-order valence-electron chi connectivity index (χ2n) is 4.98. The smallest absolute Gasteiger partial charge is 0.126 e. The lowest BCUT2D eigenvalue weighted by molar-refractivity contribution is 0.580. The number of hydrogen-bond donors (Lipinski definition) is 1. The van der Waals surface area contributed by atoms with Gasteiger partial charge in [0.1, 0.15) is 17.5 Å². The highest BCUT2D eigenvalue weighted by Crippen LogP contribution is 2.39. The minimum Gasteiger partial charge on any atom is -0.366 e. The van der Waals surface area contributed by atoms with Crippen LogP contribution >= 0.6 is 0 Å². The normalized spacial score (nSPS) is 14.7. The van der Waals surface area contributed by atoms with Gasteiger partial charge in [-0.3, -0.25) is 4.68 Å². The van der Waals surface area contributed by atoms with Gasteiger partial charge in [-0.2, -0.15) is 5.10 Å². The van der Waals surface area contributed by atoms with Crippen LogP contribution in [0.2, 0.25) is 0 Å². The second-order valence-corrected chi connectivity index (χ2v) is 4.98. The zero-order chi connectivity index (χ0) is 13.4. The molecule has 0 spiro atoms. The van der Waals surface area contributed by atoms with Gasteiger partial charge in [-0.25, -0.2) is 8.78 Å². The summed E-state index contributed by atoms with van der Waals surface area (Å²) in [4.78, 5) is 0. The molecule has 0 amide bonds. The Labute approximate surface area is 110 Å². The van der Waals surface area contributed by atoms with E-state index in [2.05, 4.69) is 10.4 Å². The van der Waals surface area contributed by atoms with Gasteiger partial charge in [0.25, 0.3) is 0 Å². The molecule has 100 valence electrons. The lowest BCUT2D eigenvalue weighted by Crippen LogP contribution is -2.05. The maximum atomic E-state index is 13.1. The molecular formula is C14H15F2N3.